The van der Waals surface area contributed by atoms with Gasteiger partial charge in [0.2, 0.25) is 0 Å². The van der Waals surface area contributed by atoms with Crippen molar-refractivity contribution in [2.45, 2.75) is 6.04 Å². The second-order valence-electron chi connectivity index (χ2n) is 7.59. The molecule has 4 rings (SSSR count). The highest BCUT2D eigenvalue weighted by Crippen LogP contribution is 2.26. The van der Waals surface area contributed by atoms with Crippen molar-refractivity contribution < 1.29 is 18.3 Å². The normalized spacial score (nSPS) is 15.4. The molecule has 168 valence electrons. The molecule has 1 aromatic heterocycles. The number of rotatable bonds is 7. The van der Waals surface area contributed by atoms with E-state index < -0.39 is 0 Å². The molecule has 0 radical (unpaired) electrons. The first-order chi connectivity index (χ1) is 15.5. The number of benzene rings is 2. The number of carbonyl (C=O) groups is 1. The number of piperazine rings is 1. The Hall–Kier alpha value is -3.03. The fourth-order valence-electron chi connectivity index (χ4n) is 3.98. The highest BCUT2D eigenvalue weighted by molar-refractivity contribution is 6.31. The number of anilines is 1. The SMILES string of the molecule is COc1ccc(Cl)cc1C(=O)NCC(c1ccco1)N1CCN(c2ccc(F)cc2)CC1. The van der Waals surface area contributed by atoms with E-state index in [1.807, 2.05) is 12.1 Å². The lowest BCUT2D eigenvalue weighted by Gasteiger charge is -2.39. The Kier molecular flexibility index (Phi) is 6.97. The van der Waals surface area contributed by atoms with Crippen LogP contribution in [0.2, 0.25) is 5.02 Å². The van der Waals surface area contributed by atoms with Crippen LogP contribution in [0.3, 0.4) is 0 Å². The largest absolute Gasteiger partial charge is 0.496 e. The van der Waals surface area contributed by atoms with Crippen molar-refractivity contribution in [3.8, 4) is 5.75 Å². The predicted molar refractivity (Wildman–Crippen MR) is 122 cm³/mol. The number of halogens is 2. The average Bonchev–Trinajstić information content (AvgIpc) is 3.35. The Bertz CT molecular complexity index is 1040. The number of amides is 1. The monoisotopic (exact) mass is 457 g/mol. The van der Waals surface area contributed by atoms with Crippen molar-refractivity contribution in [1.82, 2.24) is 10.2 Å². The van der Waals surface area contributed by atoms with Crippen molar-refractivity contribution in [2.75, 3.05) is 44.7 Å². The van der Waals surface area contributed by atoms with E-state index in [-0.39, 0.29) is 17.8 Å². The minimum atomic E-state index is -0.258. The van der Waals surface area contributed by atoms with Crippen LogP contribution in [0.1, 0.15) is 22.2 Å². The molecule has 2 aromatic carbocycles. The fraction of sp³-hybridized carbons (Fsp3) is 0.292. The van der Waals surface area contributed by atoms with E-state index >= 15 is 0 Å². The van der Waals surface area contributed by atoms with Gasteiger partial charge < -0.3 is 19.4 Å². The van der Waals surface area contributed by atoms with Crippen molar-refractivity contribution in [3.63, 3.8) is 0 Å². The molecule has 0 aliphatic carbocycles. The Labute approximate surface area is 191 Å². The van der Waals surface area contributed by atoms with Crippen molar-refractivity contribution in [3.05, 3.63) is 83.0 Å². The molecule has 1 N–H and O–H groups in total. The first kappa shape index (κ1) is 22.2. The highest BCUT2D eigenvalue weighted by Gasteiger charge is 2.28. The Morgan fingerprint density at radius 3 is 2.56 bits per heavy atom. The van der Waals surface area contributed by atoms with E-state index in [1.54, 1.807) is 36.6 Å². The molecule has 0 bridgehead atoms. The summed E-state index contributed by atoms with van der Waals surface area (Å²) in [5.74, 6) is 0.760. The Balaban J connectivity index is 1.43. The Morgan fingerprint density at radius 1 is 1.16 bits per heavy atom. The second kappa shape index (κ2) is 10.1. The van der Waals surface area contributed by atoms with Gasteiger partial charge in [0.05, 0.1) is 25.0 Å². The second-order valence-corrected chi connectivity index (χ2v) is 8.02. The van der Waals surface area contributed by atoms with Crippen molar-refractivity contribution >= 4 is 23.2 Å². The highest BCUT2D eigenvalue weighted by atomic mass is 35.5. The van der Waals surface area contributed by atoms with Crippen LogP contribution in [-0.4, -0.2) is 50.6 Å². The first-order valence-corrected chi connectivity index (χ1v) is 10.8. The molecule has 1 aliphatic rings. The van der Waals surface area contributed by atoms with Gasteiger partial charge in [-0.1, -0.05) is 11.6 Å². The molecule has 1 fully saturated rings. The average molecular weight is 458 g/mol. The molecular formula is C24H25ClFN3O3. The summed E-state index contributed by atoms with van der Waals surface area (Å²) in [4.78, 5) is 17.4. The molecule has 1 aliphatic heterocycles. The molecule has 1 unspecified atom stereocenters. The van der Waals surface area contributed by atoms with Crippen LogP contribution in [0.4, 0.5) is 10.1 Å². The molecule has 1 amide bonds. The number of hydrogen-bond donors (Lipinski definition) is 1. The van der Waals surface area contributed by atoms with E-state index in [0.29, 0.717) is 22.9 Å². The third-order valence-corrected chi connectivity index (χ3v) is 5.92. The van der Waals surface area contributed by atoms with Crippen LogP contribution in [0.25, 0.3) is 0 Å². The minimum absolute atomic E-state index is 0.116. The molecule has 32 heavy (non-hydrogen) atoms. The van der Waals surface area contributed by atoms with Crippen molar-refractivity contribution in [1.29, 1.82) is 0 Å². The number of carbonyl (C=O) groups excluding carboxylic acids is 1. The molecule has 1 atom stereocenters. The van der Waals surface area contributed by atoms with Crippen LogP contribution < -0.4 is 15.0 Å². The predicted octanol–water partition coefficient (Wildman–Crippen LogP) is 4.37. The fourth-order valence-corrected chi connectivity index (χ4v) is 4.15. The summed E-state index contributed by atoms with van der Waals surface area (Å²) >= 11 is 6.07. The molecular weight excluding hydrogens is 433 g/mol. The number of methoxy groups -OCH3 is 1. The number of hydrogen-bond acceptors (Lipinski definition) is 5. The van der Waals surface area contributed by atoms with Gasteiger partial charge in [-0.3, -0.25) is 9.69 Å². The van der Waals surface area contributed by atoms with E-state index in [0.717, 1.165) is 37.6 Å². The van der Waals surface area contributed by atoms with Gasteiger partial charge in [0.25, 0.3) is 5.91 Å². The van der Waals surface area contributed by atoms with E-state index in [4.69, 9.17) is 20.8 Å². The molecule has 3 aromatic rings. The van der Waals surface area contributed by atoms with E-state index in [1.165, 1.54) is 19.2 Å². The maximum Gasteiger partial charge on any atom is 0.255 e. The van der Waals surface area contributed by atoms with Crippen LogP contribution in [0.5, 0.6) is 5.75 Å². The number of nitrogens with one attached hydrogen (secondary N) is 1. The van der Waals surface area contributed by atoms with Gasteiger partial charge in [-0.2, -0.15) is 0 Å². The van der Waals surface area contributed by atoms with E-state index in [9.17, 15) is 9.18 Å². The molecule has 1 saturated heterocycles. The maximum atomic E-state index is 13.2. The van der Waals surface area contributed by atoms with Gasteiger partial charge in [-0.05, 0) is 54.6 Å². The van der Waals surface area contributed by atoms with Gasteiger partial charge in [0.15, 0.2) is 0 Å². The van der Waals surface area contributed by atoms with Crippen LogP contribution in [0, 0.1) is 5.82 Å². The smallest absolute Gasteiger partial charge is 0.255 e. The summed E-state index contributed by atoms with van der Waals surface area (Å²) in [6.45, 7) is 3.51. The summed E-state index contributed by atoms with van der Waals surface area (Å²) < 4.78 is 24.2. The van der Waals surface area contributed by atoms with Gasteiger partial charge in [0.1, 0.15) is 17.3 Å². The third kappa shape index (κ3) is 5.06. The van der Waals surface area contributed by atoms with Crippen LogP contribution in [-0.2, 0) is 0 Å². The zero-order valence-electron chi connectivity index (χ0n) is 17.8. The van der Waals surface area contributed by atoms with Gasteiger partial charge in [-0.25, -0.2) is 4.39 Å². The van der Waals surface area contributed by atoms with E-state index in [2.05, 4.69) is 15.1 Å². The van der Waals surface area contributed by atoms with Gasteiger partial charge >= 0.3 is 0 Å². The topological polar surface area (TPSA) is 58.0 Å². The summed E-state index contributed by atoms with van der Waals surface area (Å²) in [7, 11) is 1.52. The summed E-state index contributed by atoms with van der Waals surface area (Å²) in [6, 6.07) is 15.2. The number of ether oxygens (including phenoxy) is 1. The van der Waals surface area contributed by atoms with Gasteiger partial charge in [0, 0.05) is 43.4 Å². The van der Waals surface area contributed by atoms with Crippen LogP contribution >= 0.6 is 11.6 Å². The summed E-state index contributed by atoms with van der Waals surface area (Å²) in [5, 5.41) is 3.47. The summed E-state index contributed by atoms with van der Waals surface area (Å²) in [6.07, 6.45) is 1.64. The molecule has 0 saturated carbocycles. The molecule has 0 spiro atoms. The molecule has 8 heteroatoms. The number of furan rings is 1. The first-order valence-electron chi connectivity index (χ1n) is 10.4. The summed E-state index contributed by atoms with van der Waals surface area (Å²) in [5.41, 5.74) is 1.39. The molecule has 6 nitrogen and oxygen atoms in total. The van der Waals surface area contributed by atoms with Gasteiger partial charge in [-0.15, -0.1) is 0 Å². The Morgan fingerprint density at radius 2 is 1.91 bits per heavy atom. The number of nitrogens with zero attached hydrogens (tertiary/aromatic N) is 2. The quantitative estimate of drug-likeness (QED) is 0.570. The molecule has 2 heterocycles. The lowest BCUT2D eigenvalue weighted by molar-refractivity contribution is 0.0920. The zero-order valence-corrected chi connectivity index (χ0v) is 18.5. The van der Waals surface area contributed by atoms with Crippen LogP contribution in [0.15, 0.2) is 65.3 Å². The van der Waals surface area contributed by atoms with Crippen molar-refractivity contribution in [2.24, 2.45) is 0 Å². The minimum Gasteiger partial charge on any atom is -0.496 e. The standard InChI is InChI=1S/C24H25ClFN3O3/c1-31-22-9-4-17(25)15-20(22)24(30)27-16-21(23-3-2-14-32-23)29-12-10-28(11-13-29)19-7-5-18(26)6-8-19/h2-9,14-15,21H,10-13,16H2,1H3,(H,27,30). The lowest BCUT2D eigenvalue weighted by Crippen LogP contribution is -2.49. The zero-order chi connectivity index (χ0) is 22.5. The third-order valence-electron chi connectivity index (χ3n) is 5.68. The lowest BCUT2D eigenvalue weighted by atomic mass is 10.1. The maximum absolute atomic E-state index is 13.2.